The first-order valence-corrected chi connectivity index (χ1v) is 7.18. The zero-order chi connectivity index (χ0) is 14.8. The van der Waals surface area contributed by atoms with Crippen molar-refractivity contribution in [3.63, 3.8) is 0 Å². The molecule has 2 amide bonds. The molecule has 7 nitrogen and oxygen atoms in total. The van der Waals surface area contributed by atoms with E-state index in [4.69, 9.17) is 9.84 Å². The summed E-state index contributed by atoms with van der Waals surface area (Å²) in [4.78, 5) is 24.6. The number of hydrogen-bond donors (Lipinski definition) is 3. The summed E-state index contributed by atoms with van der Waals surface area (Å²) in [5.74, 6) is -1.39. The molecule has 116 valence electrons. The average Bonchev–Trinajstić information content (AvgIpc) is 2.45. The van der Waals surface area contributed by atoms with E-state index in [1.165, 1.54) is 0 Å². The molecule has 0 saturated carbocycles. The van der Waals surface area contributed by atoms with Gasteiger partial charge in [0.1, 0.15) is 0 Å². The zero-order valence-electron chi connectivity index (χ0n) is 12.1. The van der Waals surface area contributed by atoms with Crippen LogP contribution in [0, 0.1) is 5.92 Å². The lowest BCUT2D eigenvalue weighted by Gasteiger charge is -2.26. The van der Waals surface area contributed by atoms with Crippen LogP contribution in [0.25, 0.3) is 0 Å². The van der Waals surface area contributed by atoms with Crippen LogP contribution in [-0.2, 0) is 9.53 Å². The number of aliphatic carboxylic acids is 1. The molecule has 0 radical (unpaired) electrons. The summed E-state index contributed by atoms with van der Waals surface area (Å²) >= 11 is 0. The van der Waals surface area contributed by atoms with Gasteiger partial charge in [0.2, 0.25) is 0 Å². The topological polar surface area (TPSA) is 90.9 Å². The Morgan fingerprint density at radius 3 is 2.60 bits per heavy atom. The minimum absolute atomic E-state index is 0.168. The number of morpholine rings is 1. The average molecular weight is 287 g/mol. The van der Waals surface area contributed by atoms with Crippen molar-refractivity contribution in [1.82, 2.24) is 15.5 Å². The first kappa shape index (κ1) is 16.7. The van der Waals surface area contributed by atoms with Crippen LogP contribution in [0.2, 0.25) is 0 Å². The molecule has 0 bridgehead atoms. The molecule has 0 spiro atoms. The minimum Gasteiger partial charge on any atom is -0.481 e. The lowest BCUT2D eigenvalue weighted by molar-refractivity contribution is -0.141. The van der Waals surface area contributed by atoms with Crippen LogP contribution in [0.4, 0.5) is 4.79 Å². The Balaban J connectivity index is 2.03. The lowest BCUT2D eigenvalue weighted by atomic mass is 10.1. The van der Waals surface area contributed by atoms with E-state index in [1.807, 2.05) is 0 Å². The molecule has 0 aromatic heterocycles. The molecule has 20 heavy (non-hydrogen) atoms. The number of rotatable bonds is 8. The summed E-state index contributed by atoms with van der Waals surface area (Å²) in [6.07, 6.45) is 1.39. The fraction of sp³-hybridized carbons (Fsp3) is 0.846. The fourth-order valence-electron chi connectivity index (χ4n) is 2.01. The van der Waals surface area contributed by atoms with Gasteiger partial charge in [-0.1, -0.05) is 6.92 Å². The van der Waals surface area contributed by atoms with E-state index >= 15 is 0 Å². The summed E-state index contributed by atoms with van der Waals surface area (Å²) in [6.45, 7) is 6.94. The third-order valence-corrected chi connectivity index (χ3v) is 3.39. The molecular formula is C13H25N3O4. The molecular weight excluding hydrogens is 262 g/mol. The SMILES string of the molecule is CCC(CNC(=O)NCCCN1CCOCC1)C(=O)O. The number of carbonyl (C=O) groups excluding carboxylic acids is 1. The quantitative estimate of drug-likeness (QED) is 0.552. The van der Waals surface area contributed by atoms with Gasteiger partial charge >= 0.3 is 12.0 Å². The molecule has 1 unspecified atom stereocenters. The van der Waals surface area contributed by atoms with E-state index in [-0.39, 0.29) is 12.6 Å². The molecule has 1 fully saturated rings. The Bertz CT molecular complexity index is 306. The molecule has 1 aliphatic rings. The van der Waals surface area contributed by atoms with E-state index in [2.05, 4.69) is 15.5 Å². The van der Waals surface area contributed by atoms with Gasteiger partial charge in [-0.05, 0) is 19.4 Å². The monoisotopic (exact) mass is 287 g/mol. The van der Waals surface area contributed by atoms with Crippen LogP contribution in [0.15, 0.2) is 0 Å². The van der Waals surface area contributed by atoms with E-state index in [0.717, 1.165) is 39.3 Å². The smallest absolute Gasteiger partial charge is 0.314 e. The van der Waals surface area contributed by atoms with Crippen molar-refractivity contribution < 1.29 is 19.4 Å². The van der Waals surface area contributed by atoms with Gasteiger partial charge in [0, 0.05) is 26.2 Å². The second-order valence-electron chi connectivity index (χ2n) is 4.89. The number of amides is 2. The van der Waals surface area contributed by atoms with Crippen LogP contribution in [0.5, 0.6) is 0 Å². The van der Waals surface area contributed by atoms with Gasteiger partial charge < -0.3 is 20.5 Å². The van der Waals surface area contributed by atoms with Crippen LogP contribution < -0.4 is 10.6 Å². The summed E-state index contributed by atoms with van der Waals surface area (Å²) in [5.41, 5.74) is 0. The summed E-state index contributed by atoms with van der Waals surface area (Å²) in [6, 6.07) is -0.299. The Labute approximate surface area is 119 Å². The van der Waals surface area contributed by atoms with Gasteiger partial charge in [-0.3, -0.25) is 9.69 Å². The van der Waals surface area contributed by atoms with Gasteiger partial charge in [-0.2, -0.15) is 0 Å². The number of carboxylic acid groups (broad SMARTS) is 1. The van der Waals surface area contributed by atoms with Crippen molar-refractivity contribution in [2.24, 2.45) is 5.92 Å². The minimum atomic E-state index is -0.875. The molecule has 1 heterocycles. The Morgan fingerprint density at radius 2 is 2.00 bits per heavy atom. The zero-order valence-corrected chi connectivity index (χ0v) is 12.1. The highest BCUT2D eigenvalue weighted by molar-refractivity contribution is 5.75. The number of hydrogen-bond acceptors (Lipinski definition) is 4. The molecule has 1 aliphatic heterocycles. The highest BCUT2D eigenvalue weighted by atomic mass is 16.5. The second-order valence-corrected chi connectivity index (χ2v) is 4.89. The number of ether oxygens (including phenoxy) is 1. The number of carboxylic acids is 1. The number of carbonyl (C=O) groups is 2. The second kappa shape index (κ2) is 9.55. The van der Waals surface area contributed by atoms with E-state index < -0.39 is 11.9 Å². The first-order valence-electron chi connectivity index (χ1n) is 7.18. The third kappa shape index (κ3) is 6.72. The molecule has 0 aromatic rings. The molecule has 3 N–H and O–H groups in total. The maximum Gasteiger partial charge on any atom is 0.314 e. The van der Waals surface area contributed by atoms with Gasteiger partial charge in [-0.25, -0.2) is 4.79 Å². The van der Waals surface area contributed by atoms with E-state index in [9.17, 15) is 9.59 Å². The number of nitrogens with one attached hydrogen (secondary N) is 2. The maximum absolute atomic E-state index is 11.5. The molecule has 0 aromatic carbocycles. The molecule has 7 heteroatoms. The van der Waals surface area contributed by atoms with Crippen molar-refractivity contribution in [3.05, 3.63) is 0 Å². The van der Waals surface area contributed by atoms with Crippen LogP contribution in [-0.4, -0.2) is 67.9 Å². The molecule has 0 aliphatic carbocycles. The van der Waals surface area contributed by atoms with Gasteiger partial charge in [0.15, 0.2) is 0 Å². The van der Waals surface area contributed by atoms with Crippen LogP contribution in [0.3, 0.4) is 0 Å². The van der Waals surface area contributed by atoms with Crippen molar-refractivity contribution in [3.8, 4) is 0 Å². The predicted octanol–water partition coefficient (Wildman–Crippen LogP) is 0.119. The van der Waals surface area contributed by atoms with Gasteiger partial charge in [0.05, 0.1) is 19.1 Å². The third-order valence-electron chi connectivity index (χ3n) is 3.39. The number of urea groups is 1. The Hall–Kier alpha value is -1.34. The van der Waals surface area contributed by atoms with Crippen LogP contribution >= 0.6 is 0 Å². The molecule has 1 saturated heterocycles. The summed E-state index contributed by atoms with van der Waals surface area (Å²) < 4.78 is 5.26. The standard InChI is InChI=1S/C13H25N3O4/c1-2-11(12(17)18)10-15-13(19)14-4-3-5-16-6-8-20-9-7-16/h11H,2-10H2,1H3,(H,17,18)(H2,14,15,19). The van der Waals surface area contributed by atoms with Gasteiger partial charge in [-0.15, -0.1) is 0 Å². The van der Waals surface area contributed by atoms with E-state index in [0.29, 0.717) is 13.0 Å². The van der Waals surface area contributed by atoms with Crippen molar-refractivity contribution in [2.75, 3.05) is 45.9 Å². The summed E-state index contributed by atoms with van der Waals surface area (Å²) in [5, 5.41) is 14.2. The largest absolute Gasteiger partial charge is 0.481 e. The van der Waals surface area contributed by atoms with Crippen molar-refractivity contribution >= 4 is 12.0 Å². The van der Waals surface area contributed by atoms with Gasteiger partial charge in [0.25, 0.3) is 0 Å². The van der Waals surface area contributed by atoms with Crippen molar-refractivity contribution in [2.45, 2.75) is 19.8 Å². The highest BCUT2D eigenvalue weighted by Gasteiger charge is 2.15. The summed E-state index contributed by atoms with van der Waals surface area (Å²) in [7, 11) is 0. The van der Waals surface area contributed by atoms with Crippen molar-refractivity contribution in [1.29, 1.82) is 0 Å². The fourth-order valence-corrected chi connectivity index (χ4v) is 2.01. The maximum atomic E-state index is 11.5. The Kier molecular flexibility index (Phi) is 7.98. The highest BCUT2D eigenvalue weighted by Crippen LogP contribution is 2.00. The predicted molar refractivity (Wildman–Crippen MR) is 74.7 cm³/mol. The molecule has 1 rings (SSSR count). The number of nitrogens with zero attached hydrogens (tertiary/aromatic N) is 1. The molecule has 1 atom stereocenters. The lowest BCUT2D eigenvalue weighted by Crippen LogP contribution is -2.41. The van der Waals surface area contributed by atoms with E-state index in [1.54, 1.807) is 6.92 Å². The Morgan fingerprint density at radius 1 is 1.30 bits per heavy atom. The first-order chi connectivity index (χ1) is 9.63. The normalized spacial score (nSPS) is 17.4. The van der Waals surface area contributed by atoms with Crippen LogP contribution in [0.1, 0.15) is 19.8 Å².